The monoisotopic (exact) mass is 541 g/mol. The molecule has 0 aromatic heterocycles. The van der Waals surface area contributed by atoms with Gasteiger partial charge in [0.15, 0.2) is 18.0 Å². The number of halogens is 5. The summed E-state index contributed by atoms with van der Waals surface area (Å²) in [6.07, 6.45) is -8.13. The molecule has 0 saturated carbocycles. The molecule has 4 atom stereocenters. The van der Waals surface area contributed by atoms with Crippen molar-refractivity contribution in [1.29, 1.82) is 0 Å². The highest BCUT2D eigenvalue weighted by molar-refractivity contribution is 5.91. The predicted molar refractivity (Wildman–Crippen MR) is 131 cm³/mol. The van der Waals surface area contributed by atoms with Gasteiger partial charge in [-0.3, -0.25) is 5.32 Å². The van der Waals surface area contributed by atoms with Crippen LogP contribution in [0.15, 0.2) is 42.5 Å². The Hall–Kier alpha value is -3.32. The molecular weight excluding hydrogens is 513 g/mol. The summed E-state index contributed by atoms with van der Waals surface area (Å²) < 4.78 is 79.3. The first-order valence-electron chi connectivity index (χ1n) is 12.3. The zero-order valence-corrected chi connectivity index (χ0v) is 20.4. The van der Waals surface area contributed by atoms with E-state index in [1.165, 1.54) is 23.1 Å². The van der Waals surface area contributed by atoms with E-state index in [-0.39, 0.29) is 24.3 Å². The Morgan fingerprint density at radius 3 is 2.68 bits per heavy atom. The van der Waals surface area contributed by atoms with Gasteiger partial charge in [-0.2, -0.15) is 13.2 Å². The number of nitrogens with one attached hydrogen (secondary N) is 4. The number of carbonyl (C=O) groups is 1. The van der Waals surface area contributed by atoms with Gasteiger partial charge in [0.25, 0.3) is 6.43 Å². The number of nitrogens with zero attached hydrogens (tertiary/aromatic N) is 1. The van der Waals surface area contributed by atoms with Crippen molar-refractivity contribution in [3.8, 4) is 5.75 Å². The van der Waals surface area contributed by atoms with Gasteiger partial charge >= 0.3 is 12.2 Å². The second kappa shape index (κ2) is 10.1. The highest BCUT2D eigenvalue weighted by Gasteiger charge is 2.62. The SMILES string of the molecule is CN1c2ccc(NC(=O)NC3CCCNC3Oc3ccccc3C3(C(F)(F)F)CCO3)cc2NC1C(F)F. The first-order valence-corrected chi connectivity index (χ1v) is 12.3. The highest BCUT2D eigenvalue weighted by atomic mass is 19.4. The lowest BCUT2D eigenvalue weighted by atomic mass is 9.85. The quantitative estimate of drug-likeness (QED) is 0.400. The fourth-order valence-electron chi connectivity index (χ4n) is 5.08. The molecule has 3 aliphatic heterocycles. The number of piperidine rings is 1. The van der Waals surface area contributed by atoms with Gasteiger partial charge in [0.1, 0.15) is 5.75 Å². The van der Waals surface area contributed by atoms with E-state index < -0.39 is 42.7 Å². The van der Waals surface area contributed by atoms with E-state index in [0.717, 1.165) is 0 Å². The van der Waals surface area contributed by atoms with E-state index in [1.807, 2.05) is 0 Å². The number of carbonyl (C=O) groups excluding carboxylic acids is 1. The molecule has 0 aliphatic carbocycles. The van der Waals surface area contributed by atoms with Gasteiger partial charge in [0.2, 0.25) is 0 Å². The van der Waals surface area contributed by atoms with Crippen molar-refractivity contribution in [3.05, 3.63) is 48.0 Å². The average Bonchev–Trinajstić information content (AvgIpc) is 3.16. The smallest absolute Gasteiger partial charge is 0.421 e. The molecule has 0 spiro atoms. The first-order chi connectivity index (χ1) is 18.1. The largest absolute Gasteiger partial charge is 0.473 e. The van der Waals surface area contributed by atoms with Crippen molar-refractivity contribution in [2.45, 2.75) is 55.9 Å². The third-order valence-electron chi connectivity index (χ3n) is 7.15. The van der Waals surface area contributed by atoms with Gasteiger partial charge in [-0.15, -0.1) is 0 Å². The number of rotatable bonds is 6. The Bertz CT molecular complexity index is 1180. The minimum absolute atomic E-state index is 0.00281. The zero-order chi connectivity index (χ0) is 27.1. The van der Waals surface area contributed by atoms with E-state index in [9.17, 15) is 26.7 Å². The third-order valence-corrected chi connectivity index (χ3v) is 7.15. The van der Waals surface area contributed by atoms with Crippen LogP contribution in [0.1, 0.15) is 24.8 Å². The number of amides is 2. The Labute approximate surface area is 215 Å². The van der Waals surface area contributed by atoms with E-state index in [1.54, 1.807) is 31.3 Å². The minimum Gasteiger partial charge on any atom is -0.473 e. The third kappa shape index (κ3) is 4.80. The summed E-state index contributed by atoms with van der Waals surface area (Å²) in [7, 11) is 1.55. The van der Waals surface area contributed by atoms with E-state index in [0.29, 0.717) is 36.4 Å². The van der Waals surface area contributed by atoms with Crippen molar-refractivity contribution in [2.24, 2.45) is 0 Å². The molecular formula is C25H28F5N5O3. The molecule has 4 unspecified atom stereocenters. The minimum atomic E-state index is -4.61. The Morgan fingerprint density at radius 1 is 1.24 bits per heavy atom. The number of ether oxygens (including phenoxy) is 2. The van der Waals surface area contributed by atoms with Crippen molar-refractivity contribution in [3.63, 3.8) is 0 Å². The number of hydrogen-bond acceptors (Lipinski definition) is 6. The summed E-state index contributed by atoms with van der Waals surface area (Å²) in [5, 5.41) is 11.4. The number of fused-ring (bicyclic) bond motifs is 1. The summed E-state index contributed by atoms with van der Waals surface area (Å²) in [6, 6.07) is 9.56. The van der Waals surface area contributed by atoms with Gasteiger partial charge in [-0.25, -0.2) is 13.6 Å². The van der Waals surface area contributed by atoms with Crippen molar-refractivity contribution in [2.75, 3.05) is 35.7 Å². The van der Waals surface area contributed by atoms with Crippen LogP contribution in [-0.4, -0.2) is 57.3 Å². The van der Waals surface area contributed by atoms with E-state index in [4.69, 9.17) is 9.47 Å². The molecule has 2 saturated heterocycles. The van der Waals surface area contributed by atoms with Crippen LogP contribution >= 0.6 is 0 Å². The predicted octanol–water partition coefficient (Wildman–Crippen LogP) is 4.60. The number of urea groups is 1. The average molecular weight is 542 g/mol. The molecule has 2 aromatic rings. The number of benzene rings is 2. The maximum absolute atomic E-state index is 13.9. The second-order valence-electron chi connectivity index (χ2n) is 9.53. The molecule has 4 N–H and O–H groups in total. The van der Waals surface area contributed by atoms with Gasteiger partial charge in [0.05, 0.1) is 24.0 Å². The van der Waals surface area contributed by atoms with Crippen LogP contribution < -0.4 is 30.9 Å². The molecule has 2 fully saturated rings. The van der Waals surface area contributed by atoms with E-state index >= 15 is 0 Å². The molecule has 8 nitrogen and oxygen atoms in total. The van der Waals surface area contributed by atoms with Gasteiger partial charge in [0, 0.05) is 24.7 Å². The molecule has 206 valence electrons. The first kappa shape index (κ1) is 26.3. The molecule has 3 aliphatic rings. The Kier molecular flexibility index (Phi) is 6.99. The lowest BCUT2D eigenvalue weighted by Crippen LogP contribution is -2.57. The van der Waals surface area contributed by atoms with Gasteiger partial charge < -0.3 is 30.3 Å². The molecule has 5 rings (SSSR count). The van der Waals surface area contributed by atoms with E-state index in [2.05, 4.69) is 21.3 Å². The summed E-state index contributed by atoms with van der Waals surface area (Å²) >= 11 is 0. The topological polar surface area (TPSA) is 86.9 Å². The number of hydrogen-bond donors (Lipinski definition) is 4. The molecule has 2 aromatic carbocycles. The Morgan fingerprint density at radius 2 is 2.00 bits per heavy atom. The van der Waals surface area contributed by atoms with Crippen LogP contribution in [0.2, 0.25) is 0 Å². The maximum atomic E-state index is 13.9. The van der Waals surface area contributed by atoms with Crippen LogP contribution in [0.25, 0.3) is 0 Å². The van der Waals surface area contributed by atoms with Crippen LogP contribution in [0.3, 0.4) is 0 Å². The summed E-state index contributed by atoms with van der Waals surface area (Å²) in [5.41, 5.74) is -1.09. The molecule has 3 heterocycles. The maximum Gasteiger partial charge on any atom is 0.421 e. The molecule has 38 heavy (non-hydrogen) atoms. The van der Waals surface area contributed by atoms with Gasteiger partial charge in [-0.1, -0.05) is 18.2 Å². The zero-order valence-electron chi connectivity index (χ0n) is 20.4. The van der Waals surface area contributed by atoms with Crippen molar-refractivity contribution >= 4 is 23.1 Å². The number of alkyl halides is 5. The lowest BCUT2D eigenvalue weighted by molar-refractivity contribution is -0.334. The number of para-hydroxylation sites is 1. The number of anilines is 3. The van der Waals surface area contributed by atoms with Crippen LogP contribution in [0.4, 0.5) is 43.8 Å². The summed E-state index contributed by atoms with van der Waals surface area (Å²) in [4.78, 5) is 14.2. The molecule has 0 radical (unpaired) electrons. The summed E-state index contributed by atoms with van der Waals surface area (Å²) in [5.74, 6) is 0.0264. The van der Waals surface area contributed by atoms with Crippen LogP contribution in [-0.2, 0) is 10.3 Å². The molecule has 13 heteroatoms. The fraction of sp³-hybridized carbons (Fsp3) is 0.480. The standard InChI is InChI=1S/C25H28F5N5O3/c1-35-18-9-8-14(13-17(18)33-21(35)20(26)27)32-23(36)34-16-6-4-11-31-22(16)38-19-7-3-2-5-15(19)24(10-12-37-24)25(28,29)30/h2-3,5,7-9,13,16,20-22,31,33H,4,6,10-12H2,1H3,(H2,32,34,36). The molecule has 0 bridgehead atoms. The van der Waals surface area contributed by atoms with Crippen molar-refractivity contribution in [1.82, 2.24) is 10.6 Å². The van der Waals surface area contributed by atoms with Crippen LogP contribution in [0.5, 0.6) is 5.75 Å². The Balaban J connectivity index is 1.27. The normalized spacial score (nSPS) is 26.8. The fourth-order valence-corrected chi connectivity index (χ4v) is 5.08. The second-order valence-corrected chi connectivity index (χ2v) is 9.53. The molecule has 2 amide bonds. The summed E-state index contributed by atoms with van der Waals surface area (Å²) in [6.45, 7) is 0.556. The lowest BCUT2D eigenvalue weighted by Gasteiger charge is -2.44. The van der Waals surface area contributed by atoms with Gasteiger partial charge in [-0.05, 0) is 43.7 Å². The van der Waals surface area contributed by atoms with Crippen molar-refractivity contribution < 1.29 is 36.2 Å². The van der Waals surface area contributed by atoms with Crippen LogP contribution in [0, 0.1) is 0 Å². The highest BCUT2D eigenvalue weighted by Crippen LogP contribution is 2.52.